The topological polar surface area (TPSA) is 15.3 Å². The van der Waals surface area contributed by atoms with E-state index in [-0.39, 0.29) is 5.54 Å². The molecule has 1 aliphatic heterocycles. The second-order valence-corrected chi connectivity index (χ2v) is 6.89. The molecule has 2 atom stereocenters. The molecule has 1 aromatic carbocycles. The van der Waals surface area contributed by atoms with E-state index in [4.69, 9.17) is 11.6 Å². The number of nitrogens with zero attached hydrogens (tertiary/aromatic N) is 1. The summed E-state index contributed by atoms with van der Waals surface area (Å²) in [6, 6.07) is 6.98. The van der Waals surface area contributed by atoms with Crippen molar-refractivity contribution in [2.24, 2.45) is 0 Å². The van der Waals surface area contributed by atoms with Crippen LogP contribution in [0.15, 0.2) is 18.2 Å². The minimum Gasteiger partial charge on any atom is -0.310 e. The van der Waals surface area contributed by atoms with Crippen LogP contribution in [-0.4, -0.2) is 29.6 Å². The lowest BCUT2D eigenvalue weighted by Crippen LogP contribution is -2.49. The van der Waals surface area contributed by atoms with Crippen LogP contribution >= 0.6 is 11.6 Å². The molecule has 0 amide bonds. The Bertz CT molecular complexity index is 460. The Kier molecular flexibility index (Phi) is 5.11. The van der Waals surface area contributed by atoms with Crippen LogP contribution in [-0.2, 0) is 6.54 Å². The molecule has 1 N–H and O–H groups in total. The molecule has 3 heteroatoms. The van der Waals surface area contributed by atoms with Gasteiger partial charge in [-0.3, -0.25) is 4.90 Å². The van der Waals surface area contributed by atoms with Gasteiger partial charge in [-0.15, -0.1) is 0 Å². The Morgan fingerprint density at radius 1 is 1.45 bits per heavy atom. The number of rotatable bonds is 3. The minimum atomic E-state index is 0.210. The van der Waals surface area contributed by atoms with Crippen LogP contribution in [0.2, 0.25) is 5.02 Å². The van der Waals surface area contributed by atoms with Crippen molar-refractivity contribution in [1.82, 2.24) is 10.2 Å². The zero-order valence-electron chi connectivity index (χ0n) is 13.2. The van der Waals surface area contributed by atoms with Crippen molar-refractivity contribution in [3.05, 3.63) is 34.3 Å². The normalized spacial score (nSPS) is 28.4. The predicted octanol–water partition coefficient (Wildman–Crippen LogP) is 4.00. The quantitative estimate of drug-likeness (QED) is 0.906. The van der Waals surface area contributed by atoms with Crippen LogP contribution in [0.5, 0.6) is 0 Å². The van der Waals surface area contributed by atoms with Gasteiger partial charge in [-0.05, 0) is 57.4 Å². The highest BCUT2D eigenvalue weighted by atomic mass is 35.5. The molecule has 2 unspecified atom stereocenters. The molecule has 1 aromatic rings. The lowest BCUT2D eigenvalue weighted by Gasteiger charge is -2.35. The standard InChI is InChI=1S/C17H27ClN2/c1-5-17(4)12-20(14(3)8-9-19-17)11-15-7-6-13(2)10-16(15)18/h6-7,10,14,19H,5,8-9,11-12H2,1-4H3. The first kappa shape index (κ1) is 15.8. The Morgan fingerprint density at radius 2 is 2.20 bits per heavy atom. The molecule has 1 fully saturated rings. The SMILES string of the molecule is CCC1(C)CN(Cc2ccc(C)cc2Cl)C(C)CCN1. The molecule has 1 aliphatic rings. The summed E-state index contributed by atoms with van der Waals surface area (Å²) in [6.07, 6.45) is 2.34. The third-order valence-corrected chi connectivity index (χ3v) is 5.00. The minimum absolute atomic E-state index is 0.210. The van der Waals surface area contributed by atoms with Gasteiger partial charge in [-0.25, -0.2) is 0 Å². The molecule has 1 saturated heterocycles. The van der Waals surface area contributed by atoms with Gasteiger partial charge in [0.2, 0.25) is 0 Å². The van der Waals surface area contributed by atoms with E-state index in [1.807, 2.05) is 0 Å². The smallest absolute Gasteiger partial charge is 0.0453 e. The lowest BCUT2D eigenvalue weighted by atomic mass is 9.98. The van der Waals surface area contributed by atoms with E-state index in [9.17, 15) is 0 Å². The molecule has 20 heavy (non-hydrogen) atoms. The summed E-state index contributed by atoms with van der Waals surface area (Å²) in [4.78, 5) is 2.57. The fraction of sp³-hybridized carbons (Fsp3) is 0.647. The zero-order chi connectivity index (χ0) is 14.8. The number of nitrogens with one attached hydrogen (secondary N) is 1. The largest absolute Gasteiger partial charge is 0.310 e. The van der Waals surface area contributed by atoms with E-state index >= 15 is 0 Å². The number of aryl methyl sites for hydroxylation is 1. The van der Waals surface area contributed by atoms with Crippen LogP contribution in [0.3, 0.4) is 0 Å². The maximum absolute atomic E-state index is 6.40. The number of halogens is 1. The molecule has 1 heterocycles. The molecule has 0 aliphatic carbocycles. The third-order valence-electron chi connectivity index (χ3n) is 4.65. The Balaban J connectivity index is 2.16. The highest BCUT2D eigenvalue weighted by Gasteiger charge is 2.30. The van der Waals surface area contributed by atoms with Crippen molar-refractivity contribution in [1.29, 1.82) is 0 Å². The second kappa shape index (κ2) is 6.46. The molecule has 112 valence electrons. The van der Waals surface area contributed by atoms with Crippen molar-refractivity contribution in [2.75, 3.05) is 13.1 Å². The monoisotopic (exact) mass is 294 g/mol. The summed E-state index contributed by atoms with van der Waals surface area (Å²) in [5.74, 6) is 0. The summed E-state index contributed by atoms with van der Waals surface area (Å²) in [7, 11) is 0. The van der Waals surface area contributed by atoms with Gasteiger partial charge in [-0.1, -0.05) is 30.7 Å². The molecule has 0 saturated carbocycles. The van der Waals surface area contributed by atoms with Crippen LogP contribution < -0.4 is 5.32 Å². The van der Waals surface area contributed by atoms with Gasteiger partial charge in [-0.2, -0.15) is 0 Å². The van der Waals surface area contributed by atoms with E-state index in [0.29, 0.717) is 6.04 Å². The average Bonchev–Trinajstić information content (AvgIpc) is 2.54. The average molecular weight is 295 g/mol. The first-order chi connectivity index (χ1) is 9.43. The van der Waals surface area contributed by atoms with Crippen LogP contribution in [0.4, 0.5) is 0 Å². The molecule has 0 aromatic heterocycles. The zero-order valence-corrected chi connectivity index (χ0v) is 13.9. The Labute approximate surface area is 128 Å². The van der Waals surface area contributed by atoms with Crippen molar-refractivity contribution >= 4 is 11.6 Å². The fourth-order valence-electron chi connectivity index (χ4n) is 2.87. The molecule has 0 bridgehead atoms. The third kappa shape index (κ3) is 3.75. The van der Waals surface area contributed by atoms with Gasteiger partial charge in [0.05, 0.1) is 0 Å². The number of hydrogen-bond donors (Lipinski definition) is 1. The van der Waals surface area contributed by atoms with Crippen LogP contribution in [0.25, 0.3) is 0 Å². The summed E-state index contributed by atoms with van der Waals surface area (Å²) >= 11 is 6.40. The summed E-state index contributed by atoms with van der Waals surface area (Å²) in [5.41, 5.74) is 2.68. The van der Waals surface area contributed by atoms with Crippen molar-refractivity contribution in [3.63, 3.8) is 0 Å². The Hall–Kier alpha value is -0.570. The van der Waals surface area contributed by atoms with E-state index < -0.39 is 0 Å². The van der Waals surface area contributed by atoms with Crippen molar-refractivity contribution < 1.29 is 0 Å². The maximum Gasteiger partial charge on any atom is 0.0453 e. The van der Waals surface area contributed by atoms with E-state index in [1.54, 1.807) is 0 Å². The number of benzene rings is 1. The molecular weight excluding hydrogens is 268 g/mol. The lowest BCUT2D eigenvalue weighted by molar-refractivity contribution is 0.163. The molecule has 2 rings (SSSR count). The van der Waals surface area contributed by atoms with E-state index in [2.05, 4.69) is 56.1 Å². The molecule has 0 spiro atoms. The van der Waals surface area contributed by atoms with E-state index in [1.165, 1.54) is 17.5 Å². The fourth-order valence-corrected chi connectivity index (χ4v) is 3.17. The van der Waals surface area contributed by atoms with Crippen LogP contribution in [0, 0.1) is 6.92 Å². The maximum atomic E-state index is 6.40. The molecular formula is C17H27ClN2. The van der Waals surface area contributed by atoms with Crippen LogP contribution in [0.1, 0.15) is 44.7 Å². The summed E-state index contributed by atoms with van der Waals surface area (Å²) in [5, 5.41) is 4.60. The Morgan fingerprint density at radius 3 is 2.85 bits per heavy atom. The van der Waals surface area contributed by atoms with Crippen molar-refractivity contribution in [3.8, 4) is 0 Å². The predicted molar refractivity (Wildman–Crippen MR) is 87.4 cm³/mol. The first-order valence-electron chi connectivity index (χ1n) is 7.67. The van der Waals surface area contributed by atoms with Gasteiger partial charge in [0.1, 0.15) is 0 Å². The van der Waals surface area contributed by atoms with Gasteiger partial charge >= 0.3 is 0 Å². The second-order valence-electron chi connectivity index (χ2n) is 6.48. The molecule has 0 radical (unpaired) electrons. The van der Waals surface area contributed by atoms with Gasteiger partial charge in [0, 0.05) is 29.7 Å². The highest BCUT2D eigenvalue weighted by molar-refractivity contribution is 6.31. The van der Waals surface area contributed by atoms with Gasteiger partial charge < -0.3 is 5.32 Å². The van der Waals surface area contributed by atoms with Crippen molar-refractivity contribution in [2.45, 2.75) is 58.7 Å². The summed E-state index contributed by atoms with van der Waals surface area (Å²) < 4.78 is 0. The first-order valence-corrected chi connectivity index (χ1v) is 8.05. The molecule has 2 nitrogen and oxygen atoms in total. The number of hydrogen-bond acceptors (Lipinski definition) is 2. The highest BCUT2D eigenvalue weighted by Crippen LogP contribution is 2.24. The van der Waals surface area contributed by atoms with Gasteiger partial charge in [0.25, 0.3) is 0 Å². The van der Waals surface area contributed by atoms with Gasteiger partial charge in [0.15, 0.2) is 0 Å². The van der Waals surface area contributed by atoms with E-state index in [0.717, 1.165) is 31.1 Å². The summed E-state index contributed by atoms with van der Waals surface area (Å²) in [6.45, 7) is 12.1.